The van der Waals surface area contributed by atoms with Crippen LogP contribution >= 0.6 is 31.9 Å². The summed E-state index contributed by atoms with van der Waals surface area (Å²) in [5, 5.41) is 0. The van der Waals surface area contributed by atoms with Gasteiger partial charge in [0.2, 0.25) is 0 Å². The molecular formula is C6H7Br2NO. The summed E-state index contributed by atoms with van der Waals surface area (Å²) >= 11 is 6.50. The number of hydrogen-bond acceptors (Lipinski definition) is 2. The summed E-state index contributed by atoms with van der Waals surface area (Å²) in [5.41, 5.74) is 5.56. The highest BCUT2D eigenvalue weighted by Crippen LogP contribution is 2.28. The maximum atomic E-state index is 5.56. The summed E-state index contributed by atoms with van der Waals surface area (Å²) in [6.45, 7) is 1.87. The molecule has 0 amide bonds. The summed E-state index contributed by atoms with van der Waals surface area (Å²) in [6.07, 6.45) is 0. The number of hydrogen-bond donors (Lipinski definition) is 1. The minimum absolute atomic E-state index is 0.0531. The molecule has 0 aliphatic heterocycles. The van der Waals surface area contributed by atoms with E-state index in [4.69, 9.17) is 10.2 Å². The molecule has 0 fully saturated rings. The molecule has 10 heavy (non-hydrogen) atoms. The van der Waals surface area contributed by atoms with Crippen LogP contribution in [0.2, 0.25) is 0 Å². The minimum atomic E-state index is -0.0531. The van der Waals surface area contributed by atoms with E-state index in [9.17, 15) is 0 Å². The molecule has 1 atom stereocenters. The largest absolute Gasteiger partial charge is 0.451 e. The average Bonchev–Trinajstić information content (AvgIpc) is 2.13. The molecule has 1 rings (SSSR count). The molecule has 1 heterocycles. The lowest BCUT2D eigenvalue weighted by atomic mass is 10.3. The summed E-state index contributed by atoms with van der Waals surface area (Å²) in [5.74, 6) is 0.777. The highest BCUT2D eigenvalue weighted by Gasteiger charge is 2.08. The molecule has 0 unspecified atom stereocenters. The fourth-order valence-corrected chi connectivity index (χ4v) is 1.20. The van der Waals surface area contributed by atoms with Crippen LogP contribution in [0.4, 0.5) is 0 Å². The molecular weight excluding hydrogens is 262 g/mol. The Morgan fingerprint density at radius 2 is 2.20 bits per heavy atom. The lowest BCUT2D eigenvalue weighted by Crippen LogP contribution is -2.02. The van der Waals surface area contributed by atoms with E-state index in [1.807, 2.05) is 13.0 Å². The Morgan fingerprint density at radius 1 is 1.60 bits per heavy atom. The SMILES string of the molecule is C[C@H](N)c1cc(Br)c(Br)o1. The summed E-state index contributed by atoms with van der Waals surface area (Å²) < 4.78 is 6.82. The number of rotatable bonds is 1. The van der Waals surface area contributed by atoms with Crippen LogP contribution < -0.4 is 5.73 Å². The second-order valence-electron chi connectivity index (χ2n) is 2.06. The smallest absolute Gasteiger partial charge is 0.183 e. The molecule has 0 aliphatic rings. The monoisotopic (exact) mass is 267 g/mol. The molecule has 0 radical (unpaired) electrons. The second-order valence-corrected chi connectivity index (χ2v) is 3.63. The fraction of sp³-hybridized carbons (Fsp3) is 0.333. The Hall–Kier alpha value is 0.200. The van der Waals surface area contributed by atoms with Crippen LogP contribution in [0.1, 0.15) is 18.7 Å². The predicted molar refractivity (Wildman–Crippen MR) is 46.7 cm³/mol. The molecule has 0 saturated heterocycles. The van der Waals surface area contributed by atoms with Gasteiger partial charge in [0.25, 0.3) is 0 Å². The van der Waals surface area contributed by atoms with Gasteiger partial charge >= 0.3 is 0 Å². The Morgan fingerprint density at radius 3 is 2.40 bits per heavy atom. The molecule has 2 N–H and O–H groups in total. The first-order valence-corrected chi connectivity index (χ1v) is 4.40. The predicted octanol–water partition coefficient (Wildman–Crippen LogP) is 2.82. The highest BCUT2D eigenvalue weighted by atomic mass is 79.9. The van der Waals surface area contributed by atoms with Gasteiger partial charge in [0, 0.05) is 0 Å². The Labute approximate surface area is 76.0 Å². The van der Waals surface area contributed by atoms with Gasteiger partial charge in [0.15, 0.2) is 4.67 Å². The van der Waals surface area contributed by atoms with E-state index in [-0.39, 0.29) is 6.04 Å². The van der Waals surface area contributed by atoms with Crippen molar-refractivity contribution >= 4 is 31.9 Å². The topological polar surface area (TPSA) is 39.2 Å². The summed E-state index contributed by atoms with van der Waals surface area (Å²) in [4.78, 5) is 0. The van der Waals surface area contributed by atoms with Crippen molar-refractivity contribution < 1.29 is 4.42 Å². The molecule has 0 aliphatic carbocycles. The van der Waals surface area contributed by atoms with Crippen LogP contribution in [0.15, 0.2) is 19.6 Å². The van der Waals surface area contributed by atoms with Crippen molar-refractivity contribution in [2.75, 3.05) is 0 Å². The van der Waals surface area contributed by atoms with Crippen LogP contribution in [-0.4, -0.2) is 0 Å². The molecule has 56 valence electrons. The van der Waals surface area contributed by atoms with Gasteiger partial charge in [-0.2, -0.15) is 0 Å². The van der Waals surface area contributed by atoms with Gasteiger partial charge in [0.1, 0.15) is 5.76 Å². The van der Waals surface area contributed by atoms with E-state index in [0.29, 0.717) is 4.67 Å². The maximum Gasteiger partial charge on any atom is 0.183 e. The van der Waals surface area contributed by atoms with Crippen LogP contribution in [0, 0.1) is 0 Å². The number of halogens is 2. The third-order valence-electron chi connectivity index (χ3n) is 1.11. The quantitative estimate of drug-likeness (QED) is 0.851. The molecule has 2 nitrogen and oxygen atoms in total. The maximum absolute atomic E-state index is 5.56. The second kappa shape index (κ2) is 3.07. The van der Waals surface area contributed by atoms with E-state index in [1.54, 1.807) is 0 Å². The van der Waals surface area contributed by atoms with E-state index in [2.05, 4.69) is 31.9 Å². The first kappa shape index (κ1) is 8.30. The fourth-order valence-electron chi connectivity index (χ4n) is 0.588. The van der Waals surface area contributed by atoms with E-state index in [1.165, 1.54) is 0 Å². The van der Waals surface area contributed by atoms with Crippen molar-refractivity contribution in [3.05, 3.63) is 21.0 Å². The zero-order valence-electron chi connectivity index (χ0n) is 5.40. The molecule has 0 saturated carbocycles. The van der Waals surface area contributed by atoms with Crippen molar-refractivity contribution in [3.63, 3.8) is 0 Å². The standard InChI is InChI=1S/C6H7Br2NO/c1-3(9)5-2-4(7)6(8)10-5/h2-3H,9H2,1H3/t3-/m0/s1. The van der Waals surface area contributed by atoms with Gasteiger partial charge in [-0.3, -0.25) is 0 Å². The van der Waals surface area contributed by atoms with Gasteiger partial charge in [-0.05, 0) is 44.8 Å². The molecule has 0 spiro atoms. The van der Waals surface area contributed by atoms with Crippen LogP contribution in [0.5, 0.6) is 0 Å². The Kier molecular flexibility index (Phi) is 2.55. The molecule has 0 bridgehead atoms. The van der Waals surface area contributed by atoms with Crippen molar-refractivity contribution in [1.82, 2.24) is 0 Å². The lowest BCUT2D eigenvalue weighted by molar-refractivity contribution is 0.460. The van der Waals surface area contributed by atoms with Crippen LogP contribution in [0.3, 0.4) is 0 Å². The van der Waals surface area contributed by atoms with Crippen molar-refractivity contribution in [2.45, 2.75) is 13.0 Å². The van der Waals surface area contributed by atoms with Crippen LogP contribution in [-0.2, 0) is 0 Å². The van der Waals surface area contributed by atoms with E-state index in [0.717, 1.165) is 10.2 Å². The summed E-state index contributed by atoms with van der Waals surface area (Å²) in [6, 6.07) is 1.80. The minimum Gasteiger partial charge on any atom is -0.451 e. The average molecular weight is 269 g/mol. The Balaban J connectivity index is 2.98. The molecule has 1 aromatic heterocycles. The van der Waals surface area contributed by atoms with Gasteiger partial charge in [-0.15, -0.1) is 0 Å². The lowest BCUT2D eigenvalue weighted by Gasteiger charge is -1.96. The van der Waals surface area contributed by atoms with Crippen molar-refractivity contribution in [2.24, 2.45) is 5.73 Å². The van der Waals surface area contributed by atoms with Gasteiger partial charge < -0.3 is 10.2 Å². The van der Waals surface area contributed by atoms with Gasteiger partial charge in [-0.25, -0.2) is 0 Å². The van der Waals surface area contributed by atoms with E-state index >= 15 is 0 Å². The summed E-state index contributed by atoms with van der Waals surface area (Å²) in [7, 11) is 0. The zero-order chi connectivity index (χ0) is 7.72. The first-order chi connectivity index (χ1) is 4.61. The molecule has 0 aromatic carbocycles. The van der Waals surface area contributed by atoms with E-state index < -0.39 is 0 Å². The molecule has 4 heteroatoms. The van der Waals surface area contributed by atoms with Crippen molar-refractivity contribution in [3.8, 4) is 0 Å². The third-order valence-corrected chi connectivity index (χ3v) is 2.82. The zero-order valence-corrected chi connectivity index (χ0v) is 8.57. The van der Waals surface area contributed by atoms with Gasteiger partial charge in [0.05, 0.1) is 10.5 Å². The third kappa shape index (κ3) is 1.62. The molecule has 1 aromatic rings. The highest BCUT2D eigenvalue weighted by molar-refractivity contribution is 9.13. The van der Waals surface area contributed by atoms with Crippen molar-refractivity contribution in [1.29, 1.82) is 0 Å². The Bertz CT molecular complexity index is 212. The normalized spacial score (nSPS) is 13.6. The number of furan rings is 1. The number of nitrogens with two attached hydrogens (primary N) is 1. The van der Waals surface area contributed by atoms with Crippen LogP contribution in [0.25, 0.3) is 0 Å². The van der Waals surface area contributed by atoms with Gasteiger partial charge in [-0.1, -0.05) is 0 Å². The first-order valence-electron chi connectivity index (χ1n) is 2.81.